The summed E-state index contributed by atoms with van der Waals surface area (Å²) < 4.78 is 22.8. The van der Waals surface area contributed by atoms with E-state index >= 15 is 0 Å². The molecule has 5 heteroatoms. The molecule has 1 fully saturated rings. The summed E-state index contributed by atoms with van der Waals surface area (Å²) in [7, 11) is -3.20. The van der Waals surface area contributed by atoms with Crippen molar-refractivity contribution >= 4 is 15.6 Å². The number of Topliss-reactive ketones (excluding diaryl/α,β-unsaturated/α-hetero) is 1. The summed E-state index contributed by atoms with van der Waals surface area (Å²) in [6.07, 6.45) is 1.74. The largest absolute Gasteiger partial charge is 0.329 e. The highest BCUT2D eigenvalue weighted by Crippen LogP contribution is 2.46. The Balaban J connectivity index is 2.57. The number of hydrogen-bond donors (Lipinski definition) is 1. The first-order valence-corrected chi connectivity index (χ1v) is 7.25. The van der Waals surface area contributed by atoms with Gasteiger partial charge < -0.3 is 5.73 Å². The van der Waals surface area contributed by atoms with Gasteiger partial charge in [0.15, 0.2) is 9.84 Å². The summed E-state index contributed by atoms with van der Waals surface area (Å²) in [5.41, 5.74) is 5.14. The number of rotatable bonds is 5. The molecule has 0 aromatic heterocycles. The molecule has 1 aliphatic carbocycles. The molecule has 16 heavy (non-hydrogen) atoms. The zero-order valence-electron chi connectivity index (χ0n) is 10.2. The molecule has 0 saturated heterocycles. The molecule has 0 radical (unpaired) electrons. The van der Waals surface area contributed by atoms with Gasteiger partial charge in [-0.3, -0.25) is 4.79 Å². The van der Waals surface area contributed by atoms with Crippen LogP contribution >= 0.6 is 0 Å². The third kappa shape index (κ3) is 2.63. The lowest BCUT2D eigenvalue weighted by molar-refractivity contribution is -0.123. The van der Waals surface area contributed by atoms with Gasteiger partial charge >= 0.3 is 0 Å². The number of carbonyl (C=O) groups excluding carboxylic acids is 1. The summed E-state index contributed by atoms with van der Waals surface area (Å²) >= 11 is 0. The first kappa shape index (κ1) is 13.6. The molecule has 0 atom stereocenters. The lowest BCUT2D eigenvalue weighted by Gasteiger charge is -2.19. The molecule has 0 amide bonds. The molecule has 0 spiro atoms. The fraction of sp³-hybridized carbons (Fsp3) is 0.909. The Morgan fingerprint density at radius 2 is 1.81 bits per heavy atom. The molecule has 1 rings (SSSR count). The molecule has 0 aromatic carbocycles. The van der Waals surface area contributed by atoms with Crippen LogP contribution in [-0.2, 0) is 14.6 Å². The van der Waals surface area contributed by atoms with Crippen LogP contribution < -0.4 is 5.73 Å². The third-order valence-electron chi connectivity index (χ3n) is 3.37. The summed E-state index contributed by atoms with van der Waals surface area (Å²) in [4.78, 5) is 11.8. The average molecular weight is 247 g/mol. The van der Waals surface area contributed by atoms with Gasteiger partial charge in [0, 0.05) is 18.4 Å². The van der Waals surface area contributed by atoms with E-state index in [0.717, 1.165) is 12.8 Å². The van der Waals surface area contributed by atoms with Crippen molar-refractivity contribution in [3.8, 4) is 0 Å². The van der Waals surface area contributed by atoms with Crippen molar-refractivity contribution in [3.63, 3.8) is 0 Å². The topological polar surface area (TPSA) is 77.2 Å². The SMILES string of the molecule is CC(C)(C)S(=O)(=O)CCC(=O)C1(CN)CC1. The number of hydrogen-bond acceptors (Lipinski definition) is 4. The van der Waals surface area contributed by atoms with Crippen LogP contribution in [0.2, 0.25) is 0 Å². The van der Waals surface area contributed by atoms with Crippen molar-refractivity contribution in [1.82, 2.24) is 0 Å². The minimum absolute atomic E-state index is 0.0165. The van der Waals surface area contributed by atoms with Crippen molar-refractivity contribution in [2.45, 2.75) is 44.8 Å². The van der Waals surface area contributed by atoms with E-state index in [0.29, 0.717) is 6.54 Å². The third-order valence-corrected chi connectivity index (χ3v) is 5.97. The molecular weight excluding hydrogens is 226 g/mol. The van der Waals surface area contributed by atoms with Gasteiger partial charge in [-0.1, -0.05) is 0 Å². The average Bonchev–Trinajstić information content (AvgIpc) is 2.93. The minimum atomic E-state index is -3.20. The van der Waals surface area contributed by atoms with Gasteiger partial charge in [0.1, 0.15) is 5.78 Å². The Kier molecular flexibility index (Phi) is 3.50. The Hall–Kier alpha value is -0.420. The summed E-state index contributed by atoms with van der Waals surface area (Å²) in [6.45, 7) is 5.31. The Morgan fingerprint density at radius 1 is 1.31 bits per heavy atom. The maximum Gasteiger partial charge on any atom is 0.155 e. The lowest BCUT2D eigenvalue weighted by Crippen LogP contribution is -2.33. The molecule has 0 bridgehead atoms. The van der Waals surface area contributed by atoms with Gasteiger partial charge in [0.05, 0.1) is 10.5 Å². The molecule has 94 valence electrons. The summed E-state index contributed by atoms with van der Waals surface area (Å²) in [6, 6.07) is 0. The number of carbonyl (C=O) groups is 1. The molecule has 1 saturated carbocycles. The number of sulfone groups is 1. The van der Waals surface area contributed by atoms with E-state index < -0.39 is 14.6 Å². The van der Waals surface area contributed by atoms with Crippen molar-refractivity contribution in [2.75, 3.05) is 12.3 Å². The fourth-order valence-corrected chi connectivity index (χ4v) is 2.61. The Bertz CT molecular complexity index is 375. The van der Waals surface area contributed by atoms with Crippen LogP contribution in [0.5, 0.6) is 0 Å². The molecule has 0 aliphatic heterocycles. The highest BCUT2D eigenvalue weighted by Gasteiger charge is 2.48. The van der Waals surface area contributed by atoms with Crippen molar-refractivity contribution in [2.24, 2.45) is 11.1 Å². The maximum absolute atomic E-state index is 11.8. The van der Waals surface area contributed by atoms with Crippen molar-refractivity contribution in [1.29, 1.82) is 0 Å². The van der Waals surface area contributed by atoms with Crippen LogP contribution in [0.4, 0.5) is 0 Å². The molecule has 0 aromatic rings. The predicted octanol–water partition coefficient (Wildman–Crippen LogP) is 0.898. The van der Waals surface area contributed by atoms with E-state index in [1.54, 1.807) is 20.8 Å². The second-order valence-corrected chi connectivity index (χ2v) is 8.45. The molecule has 0 unspecified atom stereocenters. The lowest BCUT2D eigenvalue weighted by atomic mass is 10.00. The van der Waals surface area contributed by atoms with Crippen LogP contribution in [-0.4, -0.2) is 31.2 Å². The minimum Gasteiger partial charge on any atom is -0.329 e. The second-order valence-electron chi connectivity index (χ2n) is 5.59. The standard InChI is InChI=1S/C11H21NO3S/c1-10(2,3)16(14,15)7-4-9(13)11(8-12)5-6-11/h4-8,12H2,1-3H3. The molecular formula is C11H21NO3S. The van der Waals surface area contributed by atoms with Crippen LogP contribution in [0.3, 0.4) is 0 Å². The van der Waals surface area contributed by atoms with Gasteiger partial charge in [-0.05, 0) is 33.6 Å². The van der Waals surface area contributed by atoms with E-state index in [4.69, 9.17) is 5.73 Å². The van der Waals surface area contributed by atoms with Gasteiger partial charge in [0.2, 0.25) is 0 Å². The van der Waals surface area contributed by atoms with E-state index in [1.807, 2.05) is 0 Å². The van der Waals surface area contributed by atoms with E-state index in [9.17, 15) is 13.2 Å². The first-order chi connectivity index (χ1) is 7.15. The predicted molar refractivity (Wildman–Crippen MR) is 63.9 cm³/mol. The van der Waals surface area contributed by atoms with E-state index in [1.165, 1.54) is 0 Å². The summed E-state index contributed by atoms with van der Waals surface area (Å²) in [5.74, 6) is -0.0419. The normalized spacial score (nSPS) is 19.5. The second kappa shape index (κ2) is 4.11. The monoisotopic (exact) mass is 247 g/mol. The highest BCUT2D eigenvalue weighted by molar-refractivity contribution is 7.92. The molecule has 2 N–H and O–H groups in total. The quantitative estimate of drug-likeness (QED) is 0.783. The van der Waals surface area contributed by atoms with Gasteiger partial charge in [0.25, 0.3) is 0 Å². The van der Waals surface area contributed by atoms with Gasteiger partial charge in [-0.15, -0.1) is 0 Å². The zero-order valence-corrected chi connectivity index (χ0v) is 11.1. The molecule has 0 heterocycles. The van der Waals surface area contributed by atoms with Crippen molar-refractivity contribution < 1.29 is 13.2 Å². The fourth-order valence-electron chi connectivity index (χ4n) is 1.55. The first-order valence-electron chi connectivity index (χ1n) is 5.60. The van der Waals surface area contributed by atoms with Crippen LogP contribution in [0.1, 0.15) is 40.0 Å². The summed E-state index contributed by atoms with van der Waals surface area (Å²) in [5, 5.41) is 0. The van der Waals surface area contributed by atoms with Gasteiger partial charge in [-0.2, -0.15) is 0 Å². The van der Waals surface area contributed by atoms with E-state index in [2.05, 4.69) is 0 Å². The van der Waals surface area contributed by atoms with Crippen LogP contribution in [0.15, 0.2) is 0 Å². The Labute approximate surface area is 97.5 Å². The van der Waals surface area contributed by atoms with Crippen LogP contribution in [0, 0.1) is 5.41 Å². The smallest absolute Gasteiger partial charge is 0.155 e. The highest BCUT2D eigenvalue weighted by atomic mass is 32.2. The maximum atomic E-state index is 11.8. The zero-order chi connectivity index (χ0) is 12.6. The molecule has 4 nitrogen and oxygen atoms in total. The molecule has 1 aliphatic rings. The number of nitrogens with two attached hydrogens (primary N) is 1. The van der Waals surface area contributed by atoms with Gasteiger partial charge in [-0.25, -0.2) is 8.42 Å². The van der Waals surface area contributed by atoms with E-state index in [-0.39, 0.29) is 23.4 Å². The van der Waals surface area contributed by atoms with Crippen LogP contribution in [0.25, 0.3) is 0 Å². The van der Waals surface area contributed by atoms with Crippen molar-refractivity contribution in [3.05, 3.63) is 0 Å². The number of ketones is 1. The Morgan fingerprint density at radius 3 is 2.12 bits per heavy atom.